The monoisotopic (exact) mass is 264 g/mol. The van der Waals surface area contributed by atoms with Crippen LogP contribution in [0, 0.1) is 0 Å². The summed E-state index contributed by atoms with van der Waals surface area (Å²) in [5.74, 6) is -0.590. The first kappa shape index (κ1) is 15.7. The summed E-state index contributed by atoms with van der Waals surface area (Å²) < 4.78 is 5.48. The zero-order valence-electron chi connectivity index (χ0n) is 10.4. The summed E-state index contributed by atoms with van der Waals surface area (Å²) in [6.45, 7) is 5.46. The number of nitrogens with one attached hydrogen (secondary N) is 1. The minimum absolute atomic E-state index is 0.266. The smallest absolute Gasteiger partial charge is 0.407 e. The molecule has 0 aromatic rings. The highest BCUT2D eigenvalue weighted by molar-refractivity contribution is 6.32. The molecule has 0 saturated carbocycles. The Kier molecular flexibility index (Phi) is 5.95. The maximum atomic E-state index is 10.5. The number of carbonyl (C=O) groups excluding carboxylic acids is 3. The molecule has 0 spiro atoms. The van der Waals surface area contributed by atoms with E-state index in [1.54, 1.807) is 0 Å². The van der Waals surface area contributed by atoms with Crippen LogP contribution in [0.5, 0.6) is 0 Å². The zero-order valence-corrected chi connectivity index (χ0v) is 11.1. The summed E-state index contributed by atoms with van der Waals surface area (Å²) in [6, 6.07) is 0. The Labute approximate surface area is 105 Å². The lowest BCUT2D eigenvalue weighted by Crippen LogP contribution is -2.30. The van der Waals surface area contributed by atoms with Crippen molar-refractivity contribution in [3.63, 3.8) is 0 Å². The lowest BCUT2D eigenvalue weighted by atomic mass is 10.2. The van der Waals surface area contributed by atoms with Crippen molar-refractivity contribution in [3.8, 4) is 0 Å². The number of hydrogen-bond acceptors (Lipinski definition) is 4. The van der Waals surface area contributed by atoms with Crippen molar-refractivity contribution >= 4 is 29.7 Å². The molecule has 1 fully saturated rings. The van der Waals surface area contributed by atoms with E-state index in [0.717, 1.165) is 0 Å². The molecule has 0 radical (unpaired) electrons. The molecule has 1 aliphatic heterocycles. The number of hydrogen-bond donors (Lipinski definition) is 1. The molecule has 1 N–H and O–H groups in total. The lowest BCUT2D eigenvalue weighted by Gasteiger charge is -2.18. The predicted octanol–water partition coefficient (Wildman–Crippen LogP) is 1.43. The molecular formula is C10H17ClN2O4. The van der Waals surface area contributed by atoms with E-state index in [2.05, 4.69) is 5.32 Å². The molecule has 0 atom stereocenters. The molecule has 1 saturated heterocycles. The molecule has 6 nitrogen and oxygen atoms in total. The van der Waals surface area contributed by atoms with Gasteiger partial charge < -0.3 is 10.1 Å². The van der Waals surface area contributed by atoms with Crippen LogP contribution >= 0.6 is 11.8 Å². The molecule has 0 aliphatic carbocycles. The van der Waals surface area contributed by atoms with Gasteiger partial charge in [0.1, 0.15) is 5.60 Å². The summed E-state index contributed by atoms with van der Waals surface area (Å²) in [6.07, 6.45) is 0.146. The Balaban J connectivity index is 0.000000302. The molecular weight excluding hydrogens is 248 g/mol. The molecule has 3 amide bonds. The molecule has 0 bridgehead atoms. The van der Waals surface area contributed by atoms with Crippen LogP contribution in [-0.2, 0) is 14.3 Å². The normalized spacial score (nSPS) is 15.2. The van der Waals surface area contributed by atoms with E-state index in [9.17, 15) is 14.4 Å². The van der Waals surface area contributed by atoms with Crippen molar-refractivity contribution < 1.29 is 19.1 Å². The fourth-order valence-electron chi connectivity index (χ4n) is 0.878. The van der Waals surface area contributed by atoms with Gasteiger partial charge in [-0.1, -0.05) is 0 Å². The van der Waals surface area contributed by atoms with Gasteiger partial charge in [-0.05, 0) is 20.8 Å². The van der Waals surface area contributed by atoms with E-state index < -0.39 is 0 Å². The second-order valence-corrected chi connectivity index (χ2v) is 4.66. The standard InChI is InChI=1S/C6H13NO2.C4H4ClNO2/c1-6(2,3)9-5(8)7-4;5-6-3(7)1-2-4(6)8/h1-4H3,(H,7,8);1-2H2. The third-order valence-corrected chi connectivity index (χ3v) is 1.97. The maximum Gasteiger partial charge on any atom is 0.407 e. The van der Waals surface area contributed by atoms with Gasteiger partial charge in [0.25, 0.3) is 0 Å². The van der Waals surface area contributed by atoms with E-state index in [-0.39, 0.29) is 36.4 Å². The Morgan fingerprint density at radius 3 is 1.82 bits per heavy atom. The molecule has 1 heterocycles. The number of rotatable bonds is 0. The Bertz CT molecular complexity index is 296. The van der Waals surface area contributed by atoms with Gasteiger partial charge in [-0.3, -0.25) is 9.59 Å². The minimum atomic E-state index is -0.389. The second-order valence-electron chi connectivity index (χ2n) is 4.32. The Hall–Kier alpha value is -1.30. The van der Waals surface area contributed by atoms with Gasteiger partial charge >= 0.3 is 6.09 Å². The van der Waals surface area contributed by atoms with E-state index in [1.807, 2.05) is 20.8 Å². The fraction of sp³-hybridized carbons (Fsp3) is 0.700. The highest BCUT2D eigenvalue weighted by Crippen LogP contribution is 2.12. The third kappa shape index (κ3) is 6.78. The zero-order chi connectivity index (χ0) is 13.6. The number of ether oxygens (including phenoxy) is 1. The molecule has 17 heavy (non-hydrogen) atoms. The topological polar surface area (TPSA) is 75.7 Å². The molecule has 1 aliphatic rings. The van der Waals surface area contributed by atoms with E-state index in [1.165, 1.54) is 7.05 Å². The van der Waals surface area contributed by atoms with Gasteiger partial charge in [0.05, 0.1) is 0 Å². The summed E-state index contributed by atoms with van der Waals surface area (Å²) in [5, 5.41) is 2.36. The molecule has 7 heteroatoms. The second kappa shape index (κ2) is 6.44. The minimum Gasteiger partial charge on any atom is -0.444 e. The fourth-order valence-corrected chi connectivity index (χ4v) is 1.05. The summed E-state index contributed by atoms with van der Waals surface area (Å²) in [7, 11) is 1.54. The average Bonchev–Trinajstić information content (AvgIpc) is 2.48. The van der Waals surface area contributed by atoms with Gasteiger partial charge in [-0.25, -0.2) is 4.79 Å². The first-order chi connectivity index (χ1) is 7.67. The third-order valence-electron chi connectivity index (χ3n) is 1.59. The van der Waals surface area contributed by atoms with Gasteiger partial charge in [0.2, 0.25) is 11.8 Å². The highest BCUT2D eigenvalue weighted by atomic mass is 35.5. The van der Waals surface area contributed by atoms with Crippen LogP contribution in [-0.4, -0.2) is 35.0 Å². The number of nitrogens with zero attached hydrogens (tertiary/aromatic N) is 1. The molecule has 0 aromatic heterocycles. The van der Waals surface area contributed by atoms with Crippen molar-refractivity contribution in [1.29, 1.82) is 0 Å². The number of alkyl carbamates (subject to hydrolysis) is 1. The van der Waals surface area contributed by atoms with E-state index in [4.69, 9.17) is 16.5 Å². The quantitative estimate of drug-likeness (QED) is 0.530. The number of halogens is 1. The van der Waals surface area contributed by atoms with Crippen LogP contribution in [0.4, 0.5) is 4.79 Å². The summed E-state index contributed by atoms with van der Waals surface area (Å²) in [5.41, 5.74) is -0.389. The average molecular weight is 265 g/mol. The van der Waals surface area contributed by atoms with Gasteiger partial charge in [0.15, 0.2) is 0 Å². The molecule has 0 aromatic carbocycles. The largest absolute Gasteiger partial charge is 0.444 e. The van der Waals surface area contributed by atoms with Gasteiger partial charge in [-0.15, -0.1) is 0 Å². The SMILES string of the molecule is CNC(=O)OC(C)(C)C.O=C1CCC(=O)N1Cl. The van der Waals surface area contributed by atoms with Crippen molar-refractivity contribution in [2.45, 2.75) is 39.2 Å². The van der Waals surface area contributed by atoms with Crippen LogP contribution in [0.15, 0.2) is 0 Å². The van der Waals surface area contributed by atoms with Crippen molar-refractivity contribution in [2.24, 2.45) is 0 Å². The summed E-state index contributed by atoms with van der Waals surface area (Å²) >= 11 is 5.15. The number of amides is 3. The van der Waals surface area contributed by atoms with Crippen LogP contribution in [0.3, 0.4) is 0 Å². The van der Waals surface area contributed by atoms with Crippen LogP contribution < -0.4 is 5.32 Å². The van der Waals surface area contributed by atoms with Crippen molar-refractivity contribution in [3.05, 3.63) is 0 Å². The Morgan fingerprint density at radius 1 is 1.29 bits per heavy atom. The van der Waals surface area contributed by atoms with Gasteiger partial charge in [0, 0.05) is 31.7 Å². The van der Waals surface area contributed by atoms with E-state index >= 15 is 0 Å². The van der Waals surface area contributed by atoms with Crippen molar-refractivity contribution in [1.82, 2.24) is 9.74 Å². The predicted molar refractivity (Wildman–Crippen MR) is 62.2 cm³/mol. The number of imide groups is 1. The molecule has 1 rings (SSSR count). The summed E-state index contributed by atoms with van der Waals surface area (Å²) in [4.78, 5) is 31.2. The van der Waals surface area contributed by atoms with Crippen molar-refractivity contribution in [2.75, 3.05) is 7.05 Å². The first-order valence-electron chi connectivity index (χ1n) is 5.09. The first-order valence-corrected chi connectivity index (χ1v) is 5.43. The maximum absolute atomic E-state index is 10.5. The van der Waals surface area contributed by atoms with Crippen LogP contribution in [0.25, 0.3) is 0 Å². The van der Waals surface area contributed by atoms with E-state index in [0.29, 0.717) is 4.42 Å². The molecule has 98 valence electrons. The Morgan fingerprint density at radius 2 is 1.71 bits per heavy atom. The van der Waals surface area contributed by atoms with Crippen LogP contribution in [0.2, 0.25) is 0 Å². The van der Waals surface area contributed by atoms with Crippen LogP contribution in [0.1, 0.15) is 33.6 Å². The lowest BCUT2D eigenvalue weighted by molar-refractivity contribution is -0.132. The number of carbonyl (C=O) groups is 3. The molecule has 0 unspecified atom stereocenters. The highest BCUT2D eigenvalue weighted by Gasteiger charge is 2.26. The van der Waals surface area contributed by atoms with Gasteiger partial charge in [-0.2, -0.15) is 4.42 Å².